The second kappa shape index (κ2) is 6.55. The van der Waals surface area contributed by atoms with Crippen LogP contribution < -0.4 is 10.6 Å². The number of aliphatic carboxylic acids is 1. The fourth-order valence-corrected chi connectivity index (χ4v) is 1.16. The zero-order chi connectivity index (χ0) is 13.5. The fourth-order valence-electron chi connectivity index (χ4n) is 1.16. The molecule has 100 valence electrons. The van der Waals surface area contributed by atoms with Crippen LogP contribution in [0.15, 0.2) is 4.52 Å². The Hall–Kier alpha value is -2.16. The standard InChI is InChI=1S/C9H14N4O5/c1-5-11-7(18-13-5)4-10-9(17)12-6(2-3-14)8(15)16/h6,14H,2-4H2,1H3,(H,15,16)(H2,10,12,17)/t6-/m0/s1. The van der Waals surface area contributed by atoms with E-state index in [4.69, 9.17) is 14.7 Å². The summed E-state index contributed by atoms with van der Waals surface area (Å²) in [5, 5.41) is 25.5. The van der Waals surface area contributed by atoms with E-state index < -0.39 is 18.0 Å². The van der Waals surface area contributed by atoms with Gasteiger partial charge in [0.2, 0.25) is 5.89 Å². The number of hydrogen-bond donors (Lipinski definition) is 4. The highest BCUT2D eigenvalue weighted by Crippen LogP contribution is 1.95. The lowest BCUT2D eigenvalue weighted by atomic mass is 10.2. The minimum Gasteiger partial charge on any atom is -0.480 e. The van der Waals surface area contributed by atoms with Gasteiger partial charge in [0, 0.05) is 13.0 Å². The van der Waals surface area contributed by atoms with E-state index in [0.717, 1.165) is 0 Å². The number of rotatable bonds is 6. The van der Waals surface area contributed by atoms with E-state index in [-0.39, 0.29) is 25.5 Å². The Kier molecular flexibility index (Phi) is 5.06. The van der Waals surface area contributed by atoms with Gasteiger partial charge in [-0.1, -0.05) is 5.16 Å². The average molecular weight is 258 g/mol. The highest BCUT2D eigenvalue weighted by Gasteiger charge is 2.19. The van der Waals surface area contributed by atoms with Gasteiger partial charge >= 0.3 is 12.0 Å². The molecule has 1 rings (SSSR count). The van der Waals surface area contributed by atoms with E-state index in [2.05, 4.69) is 20.8 Å². The van der Waals surface area contributed by atoms with Crippen LogP contribution in [0.4, 0.5) is 4.79 Å². The number of urea groups is 1. The van der Waals surface area contributed by atoms with Gasteiger partial charge in [0.25, 0.3) is 0 Å². The van der Waals surface area contributed by atoms with Crippen molar-refractivity contribution in [2.24, 2.45) is 0 Å². The molecular weight excluding hydrogens is 244 g/mol. The Labute approximate surface area is 102 Å². The van der Waals surface area contributed by atoms with E-state index in [1.165, 1.54) is 0 Å². The Morgan fingerprint density at radius 2 is 2.22 bits per heavy atom. The van der Waals surface area contributed by atoms with Crippen molar-refractivity contribution in [1.29, 1.82) is 0 Å². The molecule has 1 aromatic heterocycles. The summed E-state index contributed by atoms with van der Waals surface area (Å²) >= 11 is 0. The summed E-state index contributed by atoms with van der Waals surface area (Å²) in [6.07, 6.45) is -0.0670. The molecule has 0 saturated carbocycles. The van der Waals surface area contributed by atoms with Crippen LogP contribution in [0, 0.1) is 6.92 Å². The van der Waals surface area contributed by atoms with E-state index >= 15 is 0 Å². The molecule has 9 nitrogen and oxygen atoms in total. The summed E-state index contributed by atoms with van der Waals surface area (Å²) in [7, 11) is 0. The molecule has 0 aromatic carbocycles. The van der Waals surface area contributed by atoms with E-state index in [1.54, 1.807) is 6.92 Å². The van der Waals surface area contributed by atoms with Gasteiger partial charge in [-0.25, -0.2) is 9.59 Å². The zero-order valence-electron chi connectivity index (χ0n) is 9.71. The first-order valence-electron chi connectivity index (χ1n) is 5.20. The Bertz CT molecular complexity index is 419. The molecule has 0 aliphatic carbocycles. The maximum absolute atomic E-state index is 11.4. The Morgan fingerprint density at radius 3 is 2.72 bits per heavy atom. The lowest BCUT2D eigenvalue weighted by Gasteiger charge is -2.13. The quantitative estimate of drug-likeness (QED) is 0.514. The second-order valence-electron chi connectivity index (χ2n) is 3.47. The van der Waals surface area contributed by atoms with Gasteiger partial charge in [-0.05, 0) is 6.92 Å². The number of aryl methyl sites for hydroxylation is 1. The third-order valence-corrected chi connectivity index (χ3v) is 1.99. The van der Waals surface area contributed by atoms with E-state index in [9.17, 15) is 9.59 Å². The molecule has 18 heavy (non-hydrogen) atoms. The first-order valence-corrected chi connectivity index (χ1v) is 5.20. The molecule has 0 saturated heterocycles. The number of amides is 2. The van der Waals surface area contributed by atoms with Gasteiger partial charge in [0.1, 0.15) is 6.04 Å². The molecule has 0 aliphatic heterocycles. The highest BCUT2D eigenvalue weighted by molar-refractivity contribution is 5.82. The number of carbonyl (C=O) groups excluding carboxylic acids is 1. The fraction of sp³-hybridized carbons (Fsp3) is 0.556. The molecule has 0 radical (unpaired) electrons. The summed E-state index contributed by atoms with van der Waals surface area (Å²) in [4.78, 5) is 25.9. The van der Waals surface area contributed by atoms with Crippen molar-refractivity contribution in [2.75, 3.05) is 6.61 Å². The molecule has 0 fully saturated rings. The summed E-state index contributed by atoms with van der Waals surface area (Å²) < 4.78 is 4.75. The van der Waals surface area contributed by atoms with Crippen molar-refractivity contribution in [1.82, 2.24) is 20.8 Å². The maximum Gasteiger partial charge on any atom is 0.326 e. The van der Waals surface area contributed by atoms with Crippen molar-refractivity contribution in [3.8, 4) is 0 Å². The van der Waals surface area contributed by atoms with Crippen LogP contribution in [-0.4, -0.2) is 45.0 Å². The predicted octanol–water partition coefficient (Wildman–Crippen LogP) is -0.987. The van der Waals surface area contributed by atoms with Crippen molar-refractivity contribution >= 4 is 12.0 Å². The van der Waals surface area contributed by atoms with Gasteiger partial charge in [-0.2, -0.15) is 4.98 Å². The van der Waals surface area contributed by atoms with Crippen LogP contribution in [0.2, 0.25) is 0 Å². The number of aliphatic hydroxyl groups excluding tert-OH is 1. The molecular formula is C9H14N4O5. The Morgan fingerprint density at radius 1 is 1.50 bits per heavy atom. The number of carbonyl (C=O) groups is 2. The topological polar surface area (TPSA) is 138 Å². The number of hydrogen-bond acceptors (Lipinski definition) is 6. The molecule has 0 unspecified atom stereocenters. The minimum atomic E-state index is -1.21. The second-order valence-corrected chi connectivity index (χ2v) is 3.47. The predicted molar refractivity (Wildman–Crippen MR) is 57.5 cm³/mol. The average Bonchev–Trinajstić information content (AvgIpc) is 2.72. The molecule has 9 heteroatoms. The molecule has 4 N–H and O–H groups in total. The van der Waals surface area contributed by atoms with Crippen molar-refractivity contribution in [3.05, 3.63) is 11.7 Å². The number of aliphatic hydroxyl groups is 1. The largest absolute Gasteiger partial charge is 0.480 e. The molecule has 1 heterocycles. The number of carboxylic acids is 1. The summed E-state index contributed by atoms with van der Waals surface area (Å²) in [5.41, 5.74) is 0. The molecule has 1 aromatic rings. The number of nitrogens with zero attached hydrogens (tertiary/aromatic N) is 2. The number of aromatic nitrogens is 2. The van der Waals surface area contributed by atoms with Gasteiger partial charge in [0.05, 0.1) is 6.54 Å². The third kappa shape index (κ3) is 4.37. The molecule has 1 atom stereocenters. The monoisotopic (exact) mass is 258 g/mol. The summed E-state index contributed by atoms with van der Waals surface area (Å²) in [6.45, 7) is 1.30. The first-order chi connectivity index (χ1) is 8.52. The van der Waals surface area contributed by atoms with Crippen LogP contribution in [-0.2, 0) is 11.3 Å². The smallest absolute Gasteiger partial charge is 0.326 e. The number of carboxylic acid groups (broad SMARTS) is 1. The van der Waals surface area contributed by atoms with Crippen LogP contribution >= 0.6 is 0 Å². The summed E-state index contributed by atoms with van der Waals surface area (Å²) in [5.74, 6) is -0.555. The van der Waals surface area contributed by atoms with Crippen LogP contribution in [0.1, 0.15) is 18.1 Å². The minimum absolute atomic E-state index is 0.00185. The number of nitrogens with one attached hydrogen (secondary N) is 2. The molecule has 0 aliphatic rings. The SMILES string of the molecule is Cc1noc(CNC(=O)N[C@@H](CCO)C(=O)O)n1. The van der Waals surface area contributed by atoms with Crippen molar-refractivity contribution in [2.45, 2.75) is 25.9 Å². The lowest BCUT2D eigenvalue weighted by Crippen LogP contribution is -2.46. The Balaban J connectivity index is 2.38. The van der Waals surface area contributed by atoms with Gasteiger partial charge in [0.15, 0.2) is 5.82 Å². The van der Waals surface area contributed by atoms with Gasteiger partial charge < -0.3 is 25.4 Å². The lowest BCUT2D eigenvalue weighted by molar-refractivity contribution is -0.139. The normalized spacial score (nSPS) is 11.9. The molecule has 0 spiro atoms. The van der Waals surface area contributed by atoms with E-state index in [0.29, 0.717) is 5.82 Å². The van der Waals surface area contributed by atoms with E-state index in [1.807, 2.05) is 0 Å². The molecule has 0 bridgehead atoms. The maximum atomic E-state index is 11.4. The van der Waals surface area contributed by atoms with Gasteiger partial charge in [-0.3, -0.25) is 0 Å². The van der Waals surface area contributed by atoms with Crippen molar-refractivity contribution < 1.29 is 24.3 Å². The molecule has 2 amide bonds. The third-order valence-electron chi connectivity index (χ3n) is 1.99. The van der Waals surface area contributed by atoms with Gasteiger partial charge in [-0.15, -0.1) is 0 Å². The van der Waals surface area contributed by atoms with Crippen LogP contribution in [0.25, 0.3) is 0 Å². The zero-order valence-corrected chi connectivity index (χ0v) is 9.71. The van der Waals surface area contributed by atoms with Crippen LogP contribution in [0.3, 0.4) is 0 Å². The van der Waals surface area contributed by atoms with Crippen molar-refractivity contribution in [3.63, 3.8) is 0 Å². The first kappa shape index (κ1) is 13.9. The highest BCUT2D eigenvalue weighted by atomic mass is 16.5. The summed E-state index contributed by atoms with van der Waals surface area (Å²) in [6, 6.07) is -1.83. The van der Waals surface area contributed by atoms with Crippen LogP contribution in [0.5, 0.6) is 0 Å².